The SMILES string of the molecule is CCCn1cc(S(=O)(=O)N2C[C@H](N(C)CC)CC23CCCCC3)c(C)n1. The highest BCUT2D eigenvalue weighted by atomic mass is 32.2. The van der Waals surface area contributed by atoms with E-state index in [1.165, 1.54) is 6.42 Å². The molecule has 148 valence electrons. The van der Waals surface area contributed by atoms with E-state index < -0.39 is 10.0 Å². The topological polar surface area (TPSA) is 58.4 Å². The predicted molar refractivity (Wildman–Crippen MR) is 104 cm³/mol. The molecule has 2 fully saturated rings. The molecule has 0 aromatic carbocycles. The van der Waals surface area contributed by atoms with Crippen LogP contribution >= 0.6 is 0 Å². The average Bonchev–Trinajstić information content (AvgIpc) is 3.17. The monoisotopic (exact) mass is 382 g/mol. The van der Waals surface area contributed by atoms with Crippen molar-refractivity contribution in [3.8, 4) is 0 Å². The number of hydrogen-bond donors (Lipinski definition) is 0. The van der Waals surface area contributed by atoms with E-state index in [0.717, 1.165) is 51.6 Å². The zero-order valence-corrected chi connectivity index (χ0v) is 17.6. The van der Waals surface area contributed by atoms with Crippen LogP contribution < -0.4 is 0 Å². The van der Waals surface area contributed by atoms with Crippen molar-refractivity contribution >= 4 is 10.0 Å². The summed E-state index contributed by atoms with van der Waals surface area (Å²) in [6.07, 6.45) is 9.09. The molecule has 1 aromatic rings. The molecule has 0 amide bonds. The highest BCUT2D eigenvalue weighted by Crippen LogP contribution is 2.45. The lowest BCUT2D eigenvalue weighted by Gasteiger charge is -2.40. The van der Waals surface area contributed by atoms with Crippen molar-refractivity contribution in [1.29, 1.82) is 0 Å². The summed E-state index contributed by atoms with van der Waals surface area (Å²) in [6.45, 7) is 8.34. The molecule has 0 N–H and O–H groups in total. The van der Waals surface area contributed by atoms with Gasteiger partial charge < -0.3 is 4.90 Å². The lowest BCUT2D eigenvalue weighted by Crippen LogP contribution is -2.48. The van der Waals surface area contributed by atoms with E-state index >= 15 is 0 Å². The summed E-state index contributed by atoms with van der Waals surface area (Å²) in [4.78, 5) is 2.70. The first-order valence-corrected chi connectivity index (χ1v) is 11.5. The standard InChI is InChI=1S/C19H34N4O2S/c1-5-12-22-15-18(16(3)20-22)26(24,25)23-14-17(21(4)6-2)13-19(23)10-8-7-9-11-19/h15,17H,5-14H2,1-4H3/t17-/m1/s1. The van der Waals surface area contributed by atoms with Gasteiger partial charge in [0.15, 0.2) is 0 Å². The number of likely N-dealkylation sites (N-methyl/N-ethyl adjacent to an activating group) is 1. The molecule has 1 saturated carbocycles. The van der Waals surface area contributed by atoms with Gasteiger partial charge in [-0.2, -0.15) is 9.40 Å². The zero-order valence-electron chi connectivity index (χ0n) is 16.7. The fraction of sp³-hybridized carbons (Fsp3) is 0.842. The fourth-order valence-electron chi connectivity index (χ4n) is 4.78. The van der Waals surface area contributed by atoms with Gasteiger partial charge in [0.05, 0.1) is 5.69 Å². The summed E-state index contributed by atoms with van der Waals surface area (Å²) in [5.74, 6) is 0. The van der Waals surface area contributed by atoms with Crippen molar-refractivity contribution in [3.63, 3.8) is 0 Å². The van der Waals surface area contributed by atoms with E-state index in [2.05, 4.69) is 30.9 Å². The third kappa shape index (κ3) is 3.45. The van der Waals surface area contributed by atoms with E-state index in [9.17, 15) is 8.42 Å². The van der Waals surface area contributed by atoms with E-state index in [4.69, 9.17) is 0 Å². The first kappa shape index (κ1) is 19.8. The Bertz CT molecular complexity index is 722. The number of sulfonamides is 1. The Hall–Kier alpha value is -0.920. The molecule has 1 aliphatic carbocycles. The smallest absolute Gasteiger partial charge is 0.247 e. The zero-order chi connectivity index (χ0) is 18.9. The summed E-state index contributed by atoms with van der Waals surface area (Å²) in [7, 11) is -1.41. The summed E-state index contributed by atoms with van der Waals surface area (Å²) >= 11 is 0. The quantitative estimate of drug-likeness (QED) is 0.759. The number of aromatic nitrogens is 2. The van der Waals surface area contributed by atoms with Gasteiger partial charge in [-0.25, -0.2) is 8.42 Å². The van der Waals surface area contributed by atoms with Crippen LogP contribution in [-0.2, 0) is 16.6 Å². The molecule has 6 nitrogen and oxygen atoms in total. The Morgan fingerprint density at radius 3 is 2.58 bits per heavy atom. The van der Waals surface area contributed by atoms with Gasteiger partial charge in [-0.1, -0.05) is 33.1 Å². The van der Waals surface area contributed by atoms with Crippen LogP contribution in [0.15, 0.2) is 11.1 Å². The van der Waals surface area contributed by atoms with Crippen molar-refractivity contribution in [2.24, 2.45) is 0 Å². The van der Waals surface area contributed by atoms with E-state index in [-0.39, 0.29) is 5.54 Å². The molecule has 26 heavy (non-hydrogen) atoms. The second-order valence-corrected chi connectivity index (χ2v) is 9.92. The largest absolute Gasteiger partial charge is 0.302 e. The third-order valence-electron chi connectivity index (χ3n) is 6.35. The van der Waals surface area contributed by atoms with Crippen LogP contribution in [0.3, 0.4) is 0 Å². The second kappa shape index (κ2) is 7.60. The molecule has 1 atom stereocenters. The first-order valence-electron chi connectivity index (χ1n) is 10.1. The van der Waals surface area contributed by atoms with E-state index in [0.29, 0.717) is 23.2 Å². The van der Waals surface area contributed by atoms with E-state index in [1.54, 1.807) is 10.9 Å². The minimum Gasteiger partial charge on any atom is -0.302 e. The maximum absolute atomic E-state index is 13.7. The minimum absolute atomic E-state index is 0.204. The van der Waals surface area contributed by atoms with Crippen LogP contribution in [0.1, 0.15) is 64.5 Å². The minimum atomic E-state index is -3.53. The highest BCUT2D eigenvalue weighted by molar-refractivity contribution is 7.89. The second-order valence-electron chi connectivity index (χ2n) is 8.09. The summed E-state index contributed by atoms with van der Waals surface area (Å²) < 4.78 is 31.0. The lowest BCUT2D eigenvalue weighted by molar-refractivity contribution is 0.168. The molecule has 7 heteroatoms. The molecular weight excluding hydrogens is 348 g/mol. The molecule has 1 spiro atoms. The van der Waals surface area contributed by atoms with Crippen LogP contribution in [0, 0.1) is 6.92 Å². The van der Waals surface area contributed by atoms with Crippen LogP contribution in [-0.4, -0.2) is 59.1 Å². The van der Waals surface area contributed by atoms with E-state index in [1.807, 2.05) is 11.2 Å². The van der Waals surface area contributed by atoms with Crippen molar-refractivity contribution in [1.82, 2.24) is 19.0 Å². The maximum Gasteiger partial charge on any atom is 0.247 e. The molecule has 0 unspecified atom stereocenters. The van der Waals surface area contributed by atoms with Crippen LogP contribution in [0.2, 0.25) is 0 Å². The Morgan fingerprint density at radius 1 is 1.27 bits per heavy atom. The molecule has 1 aromatic heterocycles. The molecule has 2 heterocycles. The number of aryl methyl sites for hydroxylation is 2. The molecular formula is C19H34N4O2S. The van der Waals surface area contributed by atoms with Crippen LogP contribution in [0.25, 0.3) is 0 Å². The Kier molecular flexibility index (Phi) is 5.80. The Labute approximate surface area is 158 Å². The normalized spacial score (nSPS) is 24.0. The number of hydrogen-bond acceptors (Lipinski definition) is 4. The molecule has 1 saturated heterocycles. The van der Waals surface area contributed by atoms with Crippen molar-refractivity contribution < 1.29 is 8.42 Å². The summed E-state index contributed by atoms with van der Waals surface area (Å²) in [5, 5.41) is 4.44. The Morgan fingerprint density at radius 2 is 1.96 bits per heavy atom. The van der Waals surface area contributed by atoms with Gasteiger partial charge in [-0.05, 0) is 46.2 Å². The summed E-state index contributed by atoms with van der Waals surface area (Å²) in [6, 6.07) is 0.305. The van der Waals surface area contributed by atoms with Gasteiger partial charge in [0.25, 0.3) is 0 Å². The van der Waals surface area contributed by atoms with Gasteiger partial charge in [-0.15, -0.1) is 0 Å². The lowest BCUT2D eigenvalue weighted by atomic mass is 9.80. The fourth-order valence-corrected chi connectivity index (χ4v) is 6.82. The molecule has 0 radical (unpaired) electrons. The van der Waals surface area contributed by atoms with Gasteiger partial charge in [0.2, 0.25) is 10.0 Å². The first-order chi connectivity index (χ1) is 12.3. The molecule has 3 rings (SSSR count). The van der Waals surface area contributed by atoms with Gasteiger partial charge in [0, 0.05) is 30.9 Å². The average molecular weight is 383 g/mol. The molecule has 0 bridgehead atoms. The number of rotatable bonds is 6. The molecule has 2 aliphatic rings. The van der Waals surface area contributed by atoms with Gasteiger partial charge in [0.1, 0.15) is 4.90 Å². The number of nitrogens with zero attached hydrogens (tertiary/aromatic N) is 4. The molecule has 1 aliphatic heterocycles. The highest BCUT2D eigenvalue weighted by Gasteiger charge is 2.52. The van der Waals surface area contributed by atoms with Crippen molar-refractivity contribution in [2.45, 2.75) is 88.7 Å². The maximum atomic E-state index is 13.7. The van der Waals surface area contributed by atoms with Gasteiger partial charge >= 0.3 is 0 Å². The summed E-state index contributed by atoms with van der Waals surface area (Å²) in [5.41, 5.74) is 0.418. The van der Waals surface area contributed by atoms with Crippen LogP contribution in [0.5, 0.6) is 0 Å². The van der Waals surface area contributed by atoms with Crippen LogP contribution in [0.4, 0.5) is 0 Å². The van der Waals surface area contributed by atoms with Crippen molar-refractivity contribution in [2.75, 3.05) is 20.1 Å². The predicted octanol–water partition coefficient (Wildman–Crippen LogP) is 3.02. The van der Waals surface area contributed by atoms with Crippen molar-refractivity contribution in [3.05, 3.63) is 11.9 Å². The third-order valence-corrected chi connectivity index (χ3v) is 8.42. The van der Waals surface area contributed by atoms with Gasteiger partial charge in [-0.3, -0.25) is 4.68 Å². The Balaban J connectivity index is 1.98.